The molecule has 0 saturated heterocycles. The van der Waals surface area contributed by atoms with Gasteiger partial charge in [-0.1, -0.05) is 30.0 Å². The van der Waals surface area contributed by atoms with Crippen LogP contribution in [0, 0.1) is 0 Å². The van der Waals surface area contributed by atoms with Crippen LogP contribution in [0.15, 0.2) is 35.5 Å². The molecule has 0 spiro atoms. The molecule has 0 radical (unpaired) electrons. The van der Waals surface area contributed by atoms with Crippen LogP contribution < -0.4 is 10.5 Å². The fraction of sp³-hybridized carbons (Fsp3) is 0.385. The molecule has 0 aliphatic heterocycles. The summed E-state index contributed by atoms with van der Waals surface area (Å²) in [7, 11) is 0. The Morgan fingerprint density at radius 3 is 2.74 bits per heavy atom. The second-order valence-corrected chi connectivity index (χ2v) is 4.92. The van der Waals surface area contributed by atoms with E-state index in [1.54, 1.807) is 11.8 Å². The van der Waals surface area contributed by atoms with Crippen molar-refractivity contribution in [3.05, 3.63) is 36.2 Å². The average Bonchev–Trinajstić information content (AvgIpc) is 2.86. The van der Waals surface area contributed by atoms with Gasteiger partial charge in [0.1, 0.15) is 11.6 Å². The average molecular weight is 278 g/mol. The summed E-state index contributed by atoms with van der Waals surface area (Å²) in [6.45, 7) is 3.96. The number of nitrogens with zero attached hydrogens (tertiary/aromatic N) is 3. The van der Waals surface area contributed by atoms with Crippen LogP contribution in [0.4, 0.5) is 0 Å². The summed E-state index contributed by atoms with van der Waals surface area (Å²) in [5.41, 5.74) is 5.61. The van der Waals surface area contributed by atoms with Crippen LogP contribution in [0.1, 0.15) is 12.7 Å². The van der Waals surface area contributed by atoms with Crippen LogP contribution in [0.25, 0.3) is 0 Å². The van der Waals surface area contributed by atoms with Gasteiger partial charge in [0, 0.05) is 12.3 Å². The maximum atomic E-state index is 5.63. The quantitative estimate of drug-likeness (QED) is 0.619. The van der Waals surface area contributed by atoms with Crippen molar-refractivity contribution in [2.75, 3.05) is 12.4 Å². The summed E-state index contributed by atoms with van der Waals surface area (Å²) in [4.78, 5) is 0. The lowest BCUT2D eigenvalue weighted by atomic mass is 10.3. The lowest BCUT2D eigenvalue weighted by Gasteiger charge is -2.07. The van der Waals surface area contributed by atoms with Crippen LogP contribution >= 0.6 is 11.8 Å². The number of rotatable bonds is 7. The smallest absolute Gasteiger partial charge is 0.191 e. The first-order valence-electron chi connectivity index (χ1n) is 6.28. The molecule has 0 aliphatic carbocycles. The molecule has 0 amide bonds. The van der Waals surface area contributed by atoms with E-state index in [4.69, 9.17) is 10.5 Å². The Kier molecular flexibility index (Phi) is 5.23. The van der Waals surface area contributed by atoms with E-state index >= 15 is 0 Å². The van der Waals surface area contributed by atoms with E-state index in [1.165, 1.54) is 0 Å². The van der Waals surface area contributed by atoms with Gasteiger partial charge in [-0.25, -0.2) is 0 Å². The maximum absolute atomic E-state index is 5.63. The summed E-state index contributed by atoms with van der Waals surface area (Å²) >= 11 is 1.64. The first-order valence-corrected chi connectivity index (χ1v) is 7.26. The van der Waals surface area contributed by atoms with Crippen molar-refractivity contribution in [1.29, 1.82) is 0 Å². The standard InChI is InChI=1S/C13H18N4OS/c1-2-17-12(10-14)15-16-13(17)19-9-8-18-11-6-4-3-5-7-11/h3-7H,2,8-10,14H2,1H3. The number of thioether (sulfide) groups is 1. The second-order valence-electron chi connectivity index (χ2n) is 3.86. The Hall–Kier alpha value is -1.53. The number of nitrogens with two attached hydrogens (primary N) is 1. The third-order valence-corrected chi connectivity index (χ3v) is 3.55. The maximum Gasteiger partial charge on any atom is 0.191 e. The van der Waals surface area contributed by atoms with Gasteiger partial charge in [0.15, 0.2) is 5.16 Å². The lowest BCUT2D eigenvalue weighted by Crippen LogP contribution is -2.08. The molecule has 0 saturated carbocycles. The van der Waals surface area contributed by atoms with Crippen LogP contribution in [0.5, 0.6) is 5.75 Å². The molecular weight excluding hydrogens is 260 g/mol. The summed E-state index contributed by atoms with van der Waals surface area (Å²) < 4.78 is 7.67. The van der Waals surface area contributed by atoms with Gasteiger partial charge in [-0.05, 0) is 19.1 Å². The van der Waals surface area contributed by atoms with E-state index in [1.807, 2.05) is 34.9 Å². The molecule has 5 nitrogen and oxygen atoms in total. The topological polar surface area (TPSA) is 66.0 Å². The summed E-state index contributed by atoms with van der Waals surface area (Å²) in [5, 5.41) is 9.11. The highest BCUT2D eigenvalue weighted by atomic mass is 32.2. The van der Waals surface area contributed by atoms with Gasteiger partial charge in [-0.15, -0.1) is 10.2 Å². The predicted octanol–water partition coefficient (Wildman–Crippen LogP) is 1.93. The molecule has 19 heavy (non-hydrogen) atoms. The van der Waals surface area contributed by atoms with Gasteiger partial charge in [0.25, 0.3) is 0 Å². The SMILES string of the molecule is CCn1c(CN)nnc1SCCOc1ccccc1. The van der Waals surface area contributed by atoms with Crippen LogP contribution in [0.3, 0.4) is 0 Å². The first-order chi connectivity index (χ1) is 9.35. The second kappa shape index (κ2) is 7.16. The Bertz CT molecular complexity index is 501. The Morgan fingerprint density at radius 2 is 2.05 bits per heavy atom. The van der Waals surface area contributed by atoms with E-state index in [0.29, 0.717) is 13.2 Å². The van der Waals surface area contributed by atoms with Gasteiger partial charge in [-0.2, -0.15) is 0 Å². The monoisotopic (exact) mass is 278 g/mol. The minimum atomic E-state index is 0.419. The summed E-state index contributed by atoms with van der Waals surface area (Å²) in [5.74, 6) is 2.55. The minimum Gasteiger partial charge on any atom is -0.493 e. The summed E-state index contributed by atoms with van der Waals surface area (Å²) in [6.07, 6.45) is 0. The molecule has 1 aromatic heterocycles. The zero-order valence-corrected chi connectivity index (χ0v) is 11.8. The third-order valence-electron chi connectivity index (χ3n) is 2.62. The van der Waals surface area contributed by atoms with Crippen molar-refractivity contribution >= 4 is 11.8 Å². The van der Waals surface area contributed by atoms with Crippen molar-refractivity contribution in [2.45, 2.75) is 25.2 Å². The van der Waals surface area contributed by atoms with Crippen molar-refractivity contribution in [3.8, 4) is 5.75 Å². The predicted molar refractivity (Wildman–Crippen MR) is 76.2 cm³/mol. The molecule has 0 unspecified atom stereocenters. The zero-order chi connectivity index (χ0) is 13.5. The fourth-order valence-electron chi connectivity index (χ4n) is 1.70. The number of hydrogen-bond acceptors (Lipinski definition) is 5. The number of hydrogen-bond donors (Lipinski definition) is 1. The van der Waals surface area contributed by atoms with Gasteiger partial charge < -0.3 is 15.0 Å². The molecule has 0 atom stereocenters. The van der Waals surface area contributed by atoms with Gasteiger partial charge in [-0.3, -0.25) is 0 Å². The molecule has 0 aliphatic rings. The molecular formula is C13H18N4OS. The first kappa shape index (κ1) is 13.9. The van der Waals surface area contributed by atoms with E-state index in [9.17, 15) is 0 Å². The van der Waals surface area contributed by atoms with Gasteiger partial charge >= 0.3 is 0 Å². The van der Waals surface area contributed by atoms with Crippen LogP contribution in [-0.2, 0) is 13.1 Å². The number of para-hydroxylation sites is 1. The van der Waals surface area contributed by atoms with Crippen LogP contribution in [-0.4, -0.2) is 27.1 Å². The molecule has 2 rings (SSSR count). The van der Waals surface area contributed by atoms with Crippen molar-refractivity contribution in [3.63, 3.8) is 0 Å². The Balaban J connectivity index is 1.81. The van der Waals surface area contributed by atoms with Crippen LogP contribution in [0.2, 0.25) is 0 Å². The molecule has 6 heteroatoms. The molecule has 1 aromatic carbocycles. The van der Waals surface area contributed by atoms with Crippen molar-refractivity contribution < 1.29 is 4.74 Å². The number of ether oxygens (including phenoxy) is 1. The molecule has 102 valence electrons. The zero-order valence-electron chi connectivity index (χ0n) is 11.0. The summed E-state index contributed by atoms with van der Waals surface area (Å²) in [6, 6.07) is 9.80. The van der Waals surface area contributed by atoms with Crippen molar-refractivity contribution in [2.24, 2.45) is 5.73 Å². The molecule has 0 bridgehead atoms. The van der Waals surface area contributed by atoms with E-state index in [2.05, 4.69) is 17.1 Å². The lowest BCUT2D eigenvalue weighted by molar-refractivity contribution is 0.344. The van der Waals surface area contributed by atoms with E-state index in [-0.39, 0.29) is 0 Å². The number of benzene rings is 1. The van der Waals surface area contributed by atoms with Gasteiger partial charge in [0.05, 0.1) is 13.2 Å². The largest absolute Gasteiger partial charge is 0.493 e. The van der Waals surface area contributed by atoms with Gasteiger partial charge in [0.2, 0.25) is 0 Å². The fourth-order valence-corrected chi connectivity index (χ4v) is 2.54. The Labute approximate surface area is 117 Å². The molecule has 0 fully saturated rings. The Morgan fingerprint density at radius 1 is 1.26 bits per heavy atom. The highest BCUT2D eigenvalue weighted by Crippen LogP contribution is 2.17. The minimum absolute atomic E-state index is 0.419. The van der Waals surface area contributed by atoms with E-state index < -0.39 is 0 Å². The van der Waals surface area contributed by atoms with E-state index in [0.717, 1.165) is 29.0 Å². The third kappa shape index (κ3) is 3.71. The highest BCUT2D eigenvalue weighted by Gasteiger charge is 2.09. The molecule has 2 N–H and O–H groups in total. The number of aromatic nitrogens is 3. The molecule has 1 heterocycles. The molecule has 2 aromatic rings. The van der Waals surface area contributed by atoms with Crippen molar-refractivity contribution in [1.82, 2.24) is 14.8 Å². The normalized spacial score (nSPS) is 10.6. The highest BCUT2D eigenvalue weighted by molar-refractivity contribution is 7.99.